The lowest BCUT2D eigenvalue weighted by molar-refractivity contribution is 0.392. The van der Waals surface area contributed by atoms with Crippen LogP contribution < -0.4 is 10.6 Å². The second-order valence-electron chi connectivity index (χ2n) is 7.26. The lowest BCUT2D eigenvalue weighted by Crippen LogP contribution is -2.45. The summed E-state index contributed by atoms with van der Waals surface area (Å²) < 4.78 is 5.23. The van der Waals surface area contributed by atoms with Gasteiger partial charge >= 0.3 is 0 Å². The Morgan fingerprint density at radius 2 is 1.88 bits per heavy atom. The Kier molecular flexibility index (Phi) is 5.96. The highest BCUT2D eigenvalue weighted by atomic mass is 16.5. The molecule has 1 saturated carbocycles. The first-order valence-corrected chi connectivity index (χ1v) is 9.56. The van der Waals surface area contributed by atoms with Crippen LogP contribution in [0.4, 0.5) is 0 Å². The summed E-state index contributed by atoms with van der Waals surface area (Å²) in [4.78, 5) is 4.39. The van der Waals surface area contributed by atoms with Crippen LogP contribution in [0.3, 0.4) is 0 Å². The topological polar surface area (TPSA) is 62.5 Å². The molecule has 1 aliphatic rings. The average molecular weight is 354 g/mol. The zero-order valence-corrected chi connectivity index (χ0v) is 16.1. The Hall–Kier alpha value is -2.30. The number of guanidine groups is 1. The highest BCUT2D eigenvalue weighted by Crippen LogP contribution is 2.40. The predicted octanol–water partition coefficient (Wildman–Crippen LogP) is 3.51. The van der Waals surface area contributed by atoms with E-state index in [4.69, 9.17) is 4.52 Å². The molecule has 0 unspecified atom stereocenters. The van der Waals surface area contributed by atoms with E-state index >= 15 is 0 Å². The van der Waals surface area contributed by atoms with E-state index in [-0.39, 0.29) is 5.41 Å². The molecule has 2 aromatic rings. The van der Waals surface area contributed by atoms with Gasteiger partial charge in [0.2, 0.25) is 0 Å². The molecule has 140 valence electrons. The maximum atomic E-state index is 5.23. The Bertz CT molecular complexity index is 710. The van der Waals surface area contributed by atoms with Gasteiger partial charge in [0.15, 0.2) is 5.96 Å². The van der Waals surface area contributed by atoms with Crippen LogP contribution in [0, 0.1) is 13.8 Å². The minimum atomic E-state index is 0.223. The van der Waals surface area contributed by atoms with Gasteiger partial charge in [-0.2, -0.15) is 0 Å². The zero-order chi connectivity index (χ0) is 18.4. The van der Waals surface area contributed by atoms with Gasteiger partial charge in [0.05, 0.1) is 5.69 Å². The molecule has 5 heteroatoms. The van der Waals surface area contributed by atoms with Crippen molar-refractivity contribution >= 4 is 5.96 Å². The van der Waals surface area contributed by atoms with Crippen LogP contribution in [0.1, 0.15) is 48.3 Å². The molecule has 0 spiro atoms. The van der Waals surface area contributed by atoms with Gasteiger partial charge in [-0.1, -0.05) is 48.3 Å². The van der Waals surface area contributed by atoms with Crippen LogP contribution in [0.5, 0.6) is 0 Å². The lowest BCUT2D eigenvalue weighted by atomic mass is 9.79. The van der Waals surface area contributed by atoms with Gasteiger partial charge in [-0.05, 0) is 38.7 Å². The summed E-state index contributed by atoms with van der Waals surface area (Å²) in [6.45, 7) is 5.68. The smallest absolute Gasteiger partial charge is 0.191 e. The van der Waals surface area contributed by atoms with E-state index in [1.165, 1.54) is 36.8 Å². The van der Waals surface area contributed by atoms with Crippen molar-refractivity contribution in [3.8, 4) is 0 Å². The molecule has 0 radical (unpaired) electrons. The molecule has 0 saturated heterocycles. The molecular weight excluding hydrogens is 324 g/mol. The van der Waals surface area contributed by atoms with Crippen molar-refractivity contribution in [1.29, 1.82) is 0 Å². The largest absolute Gasteiger partial charge is 0.361 e. The molecule has 1 heterocycles. The first-order valence-electron chi connectivity index (χ1n) is 9.56. The van der Waals surface area contributed by atoms with E-state index in [1.54, 1.807) is 0 Å². The minimum Gasteiger partial charge on any atom is -0.361 e. The molecular formula is C21H30N4O. The predicted molar refractivity (Wildman–Crippen MR) is 106 cm³/mol. The fourth-order valence-corrected chi connectivity index (χ4v) is 4.05. The van der Waals surface area contributed by atoms with E-state index in [0.717, 1.165) is 36.9 Å². The van der Waals surface area contributed by atoms with Crippen molar-refractivity contribution in [3.63, 3.8) is 0 Å². The van der Waals surface area contributed by atoms with E-state index in [1.807, 2.05) is 20.9 Å². The molecule has 0 bridgehead atoms. The molecule has 0 aliphatic heterocycles. The number of benzene rings is 1. The van der Waals surface area contributed by atoms with Gasteiger partial charge in [0, 0.05) is 31.1 Å². The van der Waals surface area contributed by atoms with Gasteiger partial charge in [-0.15, -0.1) is 0 Å². The standard InChI is InChI=1S/C21H30N4O/c1-16-19(17(2)26-25-16)11-14-23-20(22-3)24-15-21(12-7-8-13-21)18-9-5-4-6-10-18/h4-6,9-10H,7-8,11-15H2,1-3H3,(H2,22,23,24). The van der Waals surface area contributed by atoms with Crippen LogP contribution in [-0.4, -0.2) is 31.3 Å². The fourth-order valence-electron chi connectivity index (χ4n) is 4.05. The number of nitrogens with one attached hydrogen (secondary N) is 2. The number of aryl methyl sites for hydroxylation is 2. The first kappa shape index (κ1) is 18.5. The molecule has 1 aromatic heterocycles. The fraction of sp³-hybridized carbons (Fsp3) is 0.524. The Morgan fingerprint density at radius 1 is 1.15 bits per heavy atom. The number of hydrogen-bond donors (Lipinski definition) is 2. The summed E-state index contributed by atoms with van der Waals surface area (Å²) in [6.07, 6.45) is 5.95. The number of hydrogen-bond acceptors (Lipinski definition) is 3. The minimum absolute atomic E-state index is 0.223. The maximum Gasteiger partial charge on any atom is 0.191 e. The Labute approximate surface area is 156 Å². The van der Waals surface area contributed by atoms with Crippen LogP contribution in [0.2, 0.25) is 0 Å². The van der Waals surface area contributed by atoms with E-state index < -0.39 is 0 Å². The highest BCUT2D eigenvalue weighted by Gasteiger charge is 2.35. The van der Waals surface area contributed by atoms with Gasteiger partial charge in [0.25, 0.3) is 0 Å². The van der Waals surface area contributed by atoms with Gasteiger partial charge in [-0.25, -0.2) is 0 Å². The molecule has 1 fully saturated rings. The van der Waals surface area contributed by atoms with E-state index in [9.17, 15) is 0 Å². The van der Waals surface area contributed by atoms with Crippen molar-refractivity contribution in [2.75, 3.05) is 20.1 Å². The van der Waals surface area contributed by atoms with Crippen LogP contribution in [-0.2, 0) is 11.8 Å². The molecule has 5 nitrogen and oxygen atoms in total. The molecule has 3 rings (SSSR count). The van der Waals surface area contributed by atoms with E-state index in [0.29, 0.717) is 0 Å². The number of aromatic nitrogens is 1. The average Bonchev–Trinajstić information content (AvgIpc) is 3.27. The molecule has 2 N–H and O–H groups in total. The third-order valence-electron chi connectivity index (χ3n) is 5.61. The summed E-state index contributed by atoms with van der Waals surface area (Å²) in [7, 11) is 1.83. The Morgan fingerprint density at radius 3 is 2.50 bits per heavy atom. The van der Waals surface area contributed by atoms with Gasteiger partial charge in [0.1, 0.15) is 5.76 Å². The van der Waals surface area contributed by atoms with Crippen molar-refractivity contribution < 1.29 is 4.52 Å². The first-order chi connectivity index (χ1) is 12.6. The second kappa shape index (κ2) is 8.39. The Balaban J connectivity index is 1.56. The molecule has 1 aliphatic carbocycles. The van der Waals surface area contributed by atoms with Crippen molar-refractivity contribution in [1.82, 2.24) is 15.8 Å². The summed E-state index contributed by atoms with van der Waals surface area (Å²) in [5, 5.41) is 11.0. The normalized spacial score (nSPS) is 16.7. The second-order valence-corrected chi connectivity index (χ2v) is 7.26. The highest BCUT2D eigenvalue weighted by molar-refractivity contribution is 5.79. The zero-order valence-electron chi connectivity index (χ0n) is 16.1. The van der Waals surface area contributed by atoms with Gasteiger partial charge in [-0.3, -0.25) is 4.99 Å². The summed E-state index contributed by atoms with van der Waals surface area (Å²) >= 11 is 0. The SMILES string of the molecule is CN=C(NCCc1c(C)noc1C)NCC1(c2ccccc2)CCCC1. The van der Waals surface area contributed by atoms with Crippen LogP contribution in [0.25, 0.3) is 0 Å². The molecule has 26 heavy (non-hydrogen) atoms. The summed E-state index contributed by atoms with van der Waals surface area (Å²) in [6, 6.07) is 10.9. The molecule has 0 amide bonds. The summed E-state index contributed by atoms with van der Waals surface area (Å²) in [5.41, 5.74) is 3.82. The molecule has 0 atom stereocenters. The number of rotatable bonds is 6. The quantitative estimate of drug-likeness (QED) is 0.615. The van der Waals surface area contributed by atoms with Crippen molar-refractivity contribution in [2.45, 2.75) is 51.4 Å². The van der Waals surface area contributed by atoms with Crippen molar-refractivity contribution in [2.24, 2.45) is 4.99 Å². The monoisotopic (exact) mass is 354 g/mol. The van der Waals surface area contributed by atoms with Crippen LogP contribution in [0.15, 0.2) is 39.8 Å². The number of nitrogens with zero attached hydrogens (tertiary/aromatic N) is 2. The lowest BCUT2D eigenvalue weighted by Gasteiger charge is -2.30. The van der Waals surface area contributed by atoms with Gasteiger partial charge < -0.3 is 15.2 Å². The van der Waals surface area contributed by atoms with E-state index in [2.05, 4.69) is 51.1 Å². The maximum absolute atomic E-state index is 5.23. The van der Waals surface area contributed by atoms with Crippen LogP contribution >= 0.6 is 0 Å². The third kappa shape index (κ3) is 4.09. The van der Waals surface area contributed by atoms with Crippen molar-refractivity contribution in [3.05, 3.63) is 52.9 Å². The third-order valence-corrected chi connectivity index (χ3v) is 5.61. The molecule has 1 aromatic carbocycles. The number of aliphatic imine (C=N–C) groups is 1. The summed E-state index contributed by atoms with van der Waals surface area (Å²) in [5.74, 6) is 1.76.